The Bertz CT molecular complexity index is 1380. The number of benzene rings is 1. The number of amides is 1. The number of H-pyrrole nitrogens is 1. The summed E-state index contributed by atoms with van der Waals surface area (Å²) in [5, 5.41) is 14.4. The van der Waals surface area contributed by atoms with Gasteiger partial charge in [-0.25, -0.2) is 4.39 Å². The minimum atomic E-state index is -0.381. The van der Waals surface area contributed by atoms with Crippen LogP contribution in [0.5, 0.6) is 5.88 Å². The zero-order valence-electron chi connectivity index (χ0n) is 20.9. The van der Waals surface area contributed by atoms with Gasteiger partial charge in [-0.1, -0.05) is 42.4 Å². The molecule has 186 valence electrons. The third-order valence-corrected chi connectivity index (χ3v) is 5.98. The molecule has 0 spiro atoms. The van der Waals surface area contributed by atoms with Gasteiger partial charge < -0.3 is 20.3 Å². The molecule has 0 aliphatic heterocycles. The largest absolute Gasteiger partial charge is 0.494 e. The fourth-order valence-electron chi connectivity index (χ4n) is 4.34. The minimum Gasteiger partial charge on any atom is -0.494 e. The molecule has 3 N–H and O–H groups in total. The molecule has 0 fully saturated rings. The van der Waals surface area contributed by atoms with Gasteiger partial charge in [-0.15, -0.1) is 0 Å². The molecule has 1 amide bonds. The Morgan fingerprint density at radius 3 is 2.83 bits per heavy atom. The van der Waals surface area contributed by atoms with Crippen LogP contribution in [0.25, 0.3) is 10.9 Å². The number of hydrogen-bond acceptors (Lipinski definition) is 4. The Kier molecular flexibility index (Phi) is 7.87. The second-order valence-corrected chi connectivity index (χ2v) is 9.13. The summed E-state index contributed by atoms with van der Waals surface area (Å²) in [6.07, 6.45) is 11.9. The van der Waals surface area contributed by atoms with E-state index in [9.17, 15) is 14.3 Å². The number of halogens is 1. The number of rotatable bonds is 6. The summed E-state index contributed by atoms with van der Waals surface area (Å²) in [5.74, 6) is 4.91. The molecule has 0 saturated carbocycles. The molecule has 2 aromatic rings. The van der Waals surface area contributed by atoms with Crippen LogP contribution in [0.2, 0.25) is 0 Å². The lowest BCUT2D eigenvalue weighted by atomic mass is 9.95. The lowest BCUT2D eigenvalue weighted by molar-refractivity contribution is -0.115. The van der Waals surface area contributed by atoms with Crippen molar-refractivity contribution >= 4 is 22.5 Å². The number of likely N-dealkylation sites (N-methyl/N-ethyl adjacent to an activating group) is 1. The Morgan fingerprint density at radius 2 is 2.14 bits per heavy atom. The summed E-state index contributed by atoms with van der Waals surface area (Å²) >= 11 is 0. The molecule has 36 heavy (non-hydrogen) atoms. The topological polar surface area (TPSA) is 80.7 Å². The number of hydrogen-bond donors (Lipinski definition) is 3. The highest BCUT2D eigenvalue weighted by Gasteiger charge is 2.23. The molecule has 7 heteroatoms. The van der Waals surface area contributed by atoms with Crippen LogP contribution in [0.4, 0.5) is 4.39 Å². The van der Waals surface area contributed by atoms with Gasteiger partial charge in [0.05, 0.1) is 22.8 Å². The first-order chi connectivity index (χ1) is 17.4. The van der Waals surface area contributed by atoms with Crippen molar-refractivity contribution in [1.29, 1.82) is 0 Å². The lowest BCUT2D eigenvalue weighted by Gasteiger charge is -2.20. The van der Waals surface area contributed by atoms with E-state index in [-0.39, 0.29) is 30.1 Å². The molecule has 1 atom stereocenters. The highest BCUT2D eigenvalue weighted by atomic mass is 19.1. The van der Waals surface area contributed by atoms with Crippen molar-refractivity contribution in [3.63, 3.8) is 0 Å². The molecule has 0 saturated heterocycles. The van der Waals surface area contributed by atoms with Crippen molar-refractivity contribution in [2.24, 2.45) is 4.99 Å². The van der Waals surface area contributed by atoms with Crippen molar-refractivity contribution in [3.05, 3.63) is 76.7 Å². The standard InChI is InChI=1S/C29H31FN4O2/c1-4-31-26(35)15-11-19-10-14-23-25(16-19)33-29(36)27(23)28(20-8-6-5-7-9-20)32-22-13-12-21(18-34(2)3)24(30)17-22/h6,8-10,12-14,16,22,33,36H,4-5,7,17-18H2,1-3H3,(H,31,35). The van der Waals surface area contributed by atoms with E-state index in [0.29, 0.717) is 41.0 Å². The molecule has 1 aromatic carbocycles. The van der Waals surface area contributed by atoms with E-state index in [1.807, 2.05) is 56.3 Å². The fourth-order valence-corrected chi connectivity index (χ4v) is 4.34. The number of allylic oxidation sites excluding steroid dienone is 4. The first-order valence-corrected chi connectivity index (χ1v) is 12.2. The van der Waals surface area contributed by atoms with Gasteiger partial charge in [0.15, 0.2) is 5.88 Å². The average molecular weight is 487 g/mol. The first-order valence-electron chi connectivity index (χ1n) is 12.2. The third-order valence-electron chi connectivity index (χ3n) is 5.98. The number of carbonyl (C=O) groups excluding carboxylic acids is 1. The van der Waals surface area contributed by atoms with Crippen LogP contribution >= 0.6 is 0 Å². The number of nitrogens with zero attached hydrogens (tertiary/aromatic N) is 2. The van der Waals surface area contributed by atoms with Crippen LogP contribution in [0.3, 0.4) is 0 Å². The van der Waals surface area contributed by atoms with E-state index in [1.54, 1.807) is 6.07 Å². The quantitative estimate of drug-likeness (QED) is 0.414. The molecule has 0 radical (unpaired) electrons. The van der Waals surface area contributed by atoms with E-state index >= 15 is 0 Å². The lowest BCUT2D eigenvalue weighted by Crippen LogP contribution is -2.20. The second-order valence-electron chi connectivity index (χ2n) is 9.13. The van der Waals surface area contributed by atoms with Crippen LogP contribution in [0.1, 0.15) is 37.3 Å². The molecular weight excluding hydrogens is 455 g/mol. The van der Waals surface area contributed by atoms with Crippen LogP contribution in [0.15, 0.2) is 70.5 Å². The fraction of sp³-hybridized carbons (Fsp3) is 0.310. The molecule has 2 aliphatic rings. The van der Waals surface area contributed by atoms with Crippen LogP contribution in [-0.2, 0) is 4.79 Å². The molecule has 1 unspecified atom stereocenters. The van der Waals surface area contributed by atoms with Gasteiger partial charge in [-0.05, 0) is 57.1 Å². The first kappa shape index (κ1) is 25.2. The maximum absolute atomic E-state index is 14.9. The highest BCUT2D eigenvalue weighted by molar-refractivity contribution is 6.22. The summed E-state index contributed by atoms with van der Waals surface area (Å²) in [4.78, 5) is 21.6. The summed E-state index contributed by atoms with van der Waals surface area (Å²) in [5.41, 5.74) is 4.08. The van der Waals surface area contributed by atoms with Crippen LogP contribution in [-0.4, -0.2) is 59.8 Å². The van der Waals surface area contributed by atoms with Crippen molar-refractivity contribution < 1.29 is 14.3 Å². The van der Waals surface area contributed by atoms with Gasteiger partial charge in [-0.3, -0.25) is 9.79 Å². The van der Waals surface area contributed by atoms with Crippen molar-refractivity contribution in [3.8, 4) is 17.7 Å². The summed E-state index contributed by atoms with van der Waals surface area (Å²) in [6.45, 7) is 2.88. The minimum absolute atomic E-state index is 0.0124. The van der Waals surface area contributed by atoms with Crippen LogP contribution < -0.4 is 5.32 Å². The van der Waals surface area contributed by atoms with Gasteiger partial charge in [0, 0.05) is 36.4 Å². The Morgan fingerprint density at radius 1 is 1.31 bits per heavy atom. The number of aromatic amines is 1. The van der Waals surface area contributed by atoms with Crippen molar-refractivity contribution in [2.75, 3.05) is 27.2 Å². The second kappa shape index (κ2) is 11.2. The number of aliphatic imine (C=N–C) groups is 1. The van der Waals surface area contributed by atoms with E-state index in [4.69, 9.17) is 4.99 Å². The van der Waals surface area contributed by atoms with Gasteiger partial charge in [0.25, 0.3) is 5.91 Å². The molecule has 6 nitrogen and oxygen atoms in total. The normalized spacial score (nSPS) is 17.9. The summed E-state index contributed by atoms with van der Waals surface area (Å²) in [7, 11) is 3.82. The smallest absolute Gasteiger partial charge is 0.296 e. The zero-order valence-corrected chi connectivity index (χ0v) is 20.9. The monoisotopic (exact) mass is 486 g/mol. The Balaban J connectivity index is 1.73. The SMILES string of the molecule is CCNC(=O)C#Cc1ccc2c(C(=NC3C=CC(CN(C)C)=C(F)C3)C3=CCCC=C3)c(O)[nH]c2c1. The number of nitrogens with one attached hydrogen (secondary N) is 2. The average Bonchev–Trinajstić information content (AvgIpc) is 3.18. The number of carbonyl (C=O) groups is 1. The summed E-state index contributed by atoms with van der Waals surface area (Å²) in [6, 6.07) is 5.08. The molecule has 1 heterocycles. The molecule has 0 bridgehead atoms. The van der Waals surface area contributed by atoms with E-state index < -0.39 is 0 Å². The van der Waals surface area contributed by atoms with Crippen molar-refractivity contribution in [1.82, 2.24) is 15.2 Å². The maximum atomic E-state index is 14.9. The Labute approximate surface area is 211 Å². The molecule has 4 rings (SSSR count). The predicted octanol–water partition coefficient (Wildman–Crippen LogP) is 4.54. The van der Waals surface area contributed by atoms with E-state index in [2.05, 4.69) is 34.3 Å². The molecule has 2 aliphatic carbocycles. The predicted molar refractivity (Wildman–Crippen MR) is 143 cm³/mol. The van der Waals surface area contributed by atoms with Gasteiger partial charge in [0.2, 0.25) is 0 Å². The van der Waals surface area contributed by atoms with Crippen LogP contribution in [0, 0.1) is 11.8 Å². The molecule has 1 aromatic heterocycles. The van der Waals surface area contributed by atoms with Gasteiger partial charge in [0.1, 0.15) is 5.83 Å². The summed E-state index contributed by atoms with van der Waals surface area (Å²) < 4.78 is 14.9. The van der Waals surface area contributed by atoms with E-state index in [0.717, 1.165) is 23.8 Å². The number of aromatic nitrogens is 1. The van der Waals surface area contributed by atoms with Crippen molar-refractivity contribution in [2.45, 2.75) is 32.2 Å². The Hall–Kier alpha value is -3.89. The van der Waals surface area contributed by atoms with Gasteiger partial charge >= 0.3 is 0 Å². The third kappa shape index (κ3) is 5.84. The number of fused-ring (bicyclic) bond motifs is 1. The van der Waals surface area contributed by atoms with Gasteiger partial charge in [-0.2, -0.15) is 0 Å². The highest BCUT2D eigenvalue weighted by Crippen LogP contribution is 2.33. The van der Waals surface area contributed by atoms with E-state index in [1.165, 1.54) is 0 Å². The maximum Gasteiger partial charge on any atom is 0.296 e. The number of aromatic hydroxyl groups is 1. The molecular formula is C29H31FN4O2. The zero-order chi connectivity index (χ0) is 25.7.